The topological polar surface area (TPSA) is 136 Å². The van der Waals surface area contributed by atoms with Crippen LogP contribution in [-0.2, 0) is 14.4 Å². The molecule has 2 unspecified atom stereocenters. The fourth-order valence-electron chi connectivity index (χ4n) is 1.99. The van der Waals surface area contributed by atoms with E-state index in [4.69, 9.17) is 16.6 Å². The summed E-state index contributed by atoms with van der Waals surface area (Å²) in [7, 11) is 0. The molecule has 1 rings (SSSR count). The number of primary amides is 1. The van der Waals surface area contributed by atoms with Gasteiger partial charge in [-0.3, -0.25) is 9.59 Å². The van der Waals surface area contributed by atoms with Crippen molar-refractivity contribution in [2.75, 3.05) is 0 Å². The highest BCUT2D eigenvalue weighted by Gasteiger charge is 2.33. The Labute approximate surface area is 98.5 Å². The number of carboxylic acid groups (broad SMARTS) is 1. The highest BCUT2D eigenvalue weighted by atomic mass is 16.4. The zero-order chi connectivity index (χ0) is 13.0. The van der Waals surface area contributed by atoms with E-state index >= 15 is 0 Å². The van der Waals surface area contributed by atoms with E-state index in [9.17, 15) is 14.4 Å². The standard InChI is InChI=1S/C10H17N3O4/c11-6-3-1-2-5(6)9(15)13-7(10(16)17)4-8(12)14/h5-7H,1-4,11H2,(H2,12,14)(H,13,15)(H,16,17)/t5?,6?,7-/m0/s1. The van der Waals surface area contributed by atoms with Gasteiger partial charge in [0, 0.05) is 6.04 Å². The fourth-order valence-corrected chi connectivity index (χ4v) is 1.99. The Hall–Kier alpha value is -1.63. The molecule has 7 nitrogen and oxygen atoms in total. The molecule has 0 aromatic heterocycles. The van der Waals surface area contributed by atoms with Crippen molar-refractivity contribution in [1.29, 1.82) is 0 Å². The maximum atomic E-state index is 11.7. The van der Waals surface area contributed by atoms with E-state index in [1.807, 2.05) is 0 Å². The molecule has 0 aliphatic heterocycles. The van der Waals surface area contributed by atoms with E-state index < -0.39 is 30.2 Å². The Morgan fingerprint density at radius 3 is 2.41 bits per heavy atom. The normalized spacial score (nSPS) is 25.2. The molecule has 1 fully saturated rings. The van der Waals surface area contributed by atoms with Crippen LogP contribution in [0.25, 0.3) is 0 Å². The van der Waals surface area contributed by atoms with Crippen LogP contribution in [0.3, 0.4) is 0 Å². The average Bonchev–Trinajstić information content (AvgIpc) is 2.62. The number of hydrogen-bond acceptors (Lipinski definition) is 4. The van der Waals surface area contributed by atoms with Crippen LogP contribution in [0.1, 0.15) is 25.7 Å². The van der Waals surface area contributed by atoms with Crippen molar-refractivity contribution < 1.29 is 19.5 Å². The molecule has 0 spiro atoms. The molecule has 0 saturated heterocycles. The Morgan fingerprint density at radius 2 is 2.00 bits per heavy atom. The maximum absolute atomic E-state index is 11.7. The lowest BCUT2D eigenvalue weighted by molar-refractivity contribution is -0.144. The first-order chi connectivity index (χ1) is 7.91. The van der Waals surface area contributed by atoms with Crippen molar-refractivity contribution in [2.45, 2.75) is 37.8 Å². The zero-order valence-electron chi connectivity index (χ0n) is 9.39. The summed E-state index contributed by atoms with van der Waals surface area (Å²) in [6, 6.07) is -1.51. The van der Waals surface area contributed by atoms with Crippen molar-refractivity contribution >= 4 is 17.8 Å². The monoisotopic (exact) mass is 243 g/mol. The van der Waals surface area contributed by atoms with E-state index in [1.54, 1.807) is 0 Å². The van der Waals surface area contributed by atoms with Crippen LogP contribution in [0.2, 0.25) is 0 Å². The van der Waals surface area contributed by atoms with Gasteiger partial charge < -0.3 is 21.9 Å². The van der Waals surface area contributed by atoms with Crippen molar-refractivity contribution in [3.8, 4) is 0 Å². The molecule has 17 heavy (non-hydrogen) atoms. The number of carbonyl (C=O) groups is 3. The number of carboxylic acids is 1. The first kappa shape index (κ1) is 13.4. The first-order valence-electron chi connectivity index (χ1n) is 5.49. The molecule has 0 radical (unpaired) electrons. The molecule has 96 valence electrons. The van der Waals surface area contributed by atoms with Crippen molar-refractivity contribution in [1.82, 2.24) is 5.32 Å². The van der Waals surface area contributed by atoms with Gasteiger partial charge in [-0.05, 0) is 12.8 Å². The van der Waals surface area contributed by atoms with E-state index in [-0.39, 0.29) is 12.0 Å². The number of aliphatic carboxylic acids is 1. The summed E-state index contributed by atoms with van der Waals surface area (Å²) >= 11 is 0. The molecular formula is C10H17N3O4. The van der Waals surface area contributed by atoms with Crippen LogP contribution in [0.4, 0.5) is 0 Å². The van der Waals surface area contributed by atoms with E-state index in [2.05, 4.69) is 5.32 Å². The summed E-state index contributed by atoms with van der Waals surface area (Å²) in [5.41, 5.74) is 10.6. The predicted octanol–water partition coefficient (Wildman–Crippen LogP) is -1.44. The molecule has 0 bridgehead atoms. The second kappa shape index (κ2) is 5.62. The number of rotatable bonds is 5. The molecule has 1 saturated carbocycles. The first-order valence-corrected chi connectivity index (χ1v) is 5.49. The SMILES string of the molecule is NC(=O)C[C@H](NC(=O)C1CCCC1N)C(=O)O. The van der Waals surface area contributed by atoms with Gasteiger partial charge in [0.2, 0.25) is 11.8 Å². The van der Waals surface area contributed by atoms with E-state index in [0.717, 1.165) is 12.8 Å². The highest BCUT2D eigenvalue weighted by Crippen LogP contribution is 2.24. The minimum Gasteiger partial charge on any atom is -0.480 e. The summed E-state index contributed by atoms with van der Waals surface area (Å²) < 4.78 is 0. The molecular weight excluding hydrogens is 226 g/mol. The molecule has 0 aromatic carbocycles. The minimum absolute atomic E-state index is 0.238. The van der Waals surface area contributed by atoms with Gasteiger partial charge >= 0.3 is 5.97 Å². The highest BCUT2D eigenvalue weighted by molar-refractivity contribution is 5.89. The van der Waals surface area contributed by atoms with E-state index in [0.29, 0.717) is 6.42 Å². The molecule has 2 amide bonds. The number of nitrogens with two attached hydrogens (primary N) is 2. The largest absolute Gasteiger partial charge is 0.480 e. The van der Waals surface area contributed by atoms with Gasteiger partial charge in [-0.2, -0.15) is 0 Å². The van der Waals surface area contributed by atoms with Crippen LogP contribution >= 0.6 is 0 Å². The summed E-state index contributed by atoms with van der Waals surface area (Å²) in [6.07, 6.45) is 1.84. The molecule has 0 heterocycles. The molecule has 1 aliphatic carbocycles. The number of carbonyl (C=O) groups excluding carboxylic acids is 2. The number of amides is 2. The zero-order valence-corrected chi connectivity index (χ0v) is 9.39. The summed E-state index contributed by atoms with van der Waals surface area (Å²) in [5.74, 6) is -2.83. The molecule has 1 aliphatic rings. The third-order valence-corrected chi connectivity index (χ3v) is 2.93. The molecule has 0 aromatic rings. The van der Waals surface area contributed by atoms with E-state index in [1.165, 1.54) is 0 Å². The van der Waals surface area contributed by atoms with Gasteiger partial charge in [-0.25, -0.2) is 4.79 Å². The molecule has 7 heteroatoms. The lowest BCUT2D eigenvalue weighted by Crippen LogP contribution is -2.48. The Kier molecular flexibility index (Phi) is 4.45. The third kappa shape index (κ3) is 3.70. The van der Waals surface area contributed by atoms with Gasteiger partial charge in [0.05, 0.1) is 12.3 Å². The molecule has 3 atom stereocenters. The predicted molar refractivity (Wildman–Crippen MR) is 58.7 cm³/mol. The smallest absolute Gasteiger partial charge is 0.326 e. The fraction of sp³-hybridized carbons (Fsp3) is 0.700. The van der Waals surface area contributed by atoms with Crippen LogP contribution < -0.4 is 16.8 Å². The minimum atomic E-state index is -1.27. The number of hydrogen-bond donors (Lipinski definition) is 4. The summed E-state index contributed by atoms with van der Waals surface area (Å²) in [6.45, 7) is 0. The van der Waals surface area contributed by atoms with Gasteiger partial charge in [0.25, 0.3) is 0 Å². The van der Waals surface area contributed by atoms with Crippen LogP contribution in [0, 0.1) is 5.92 Å². The van der Waals surface area contributed by atoms with Gasteiger partial charge in [0.1, 0.15) is 6.04 Å². The Bertz CT molecular complexity index is 332. The van der Waals surface area contributed by atoms with Crippen LogP contribution in [0.5, 0.6) is 0 Å². The maximum Gasteiger partial charge on any atom is 0.326 e. The summed E-state index contributed by atoms with van der Waals surface area (Å²) in [4.78, 5) is 33.2. The van der Waals surface area contributed by atoms with Gasteiger partial charge in [0.15, 0.2) is 0 Å². The lowest BCUT2D eigenvalue weighted by atomic mass is 10.0. The third-order valence-electron chi connectivity index (χ3n) is 2.93. The van der Waals surface area contributed by atoms with Crippen molar-refractivity contribution in [3.05, 3.63) is 0 Å². The van der Waals surface area contributed by atoms with Gasteiger partial charge in [-0.1, -0.05) is 6.42 Å². The van der Waals surface area contributed by atoms with Crippen LogP contribution in [-0.4, -0.2) is 35.0 Å². The second-order valence-corrected chi connectivity index (χ2v) is 4.27. The van der Waals surface area contributed by atoms with Crippen LogP contribution in [0.15, 0.2) is 0 Å². The average molecular weight is 243 g/mol. The Balaban J connectivity index is 2.57. The lowest BCUT2D eigenvalue weighted by Gasteiger charge is -2.18. The van der Waals surface area contributed by atoms with Crippen molar-refractivity contribution in [2.24, 2.45) is 17.4 Å². The second-order valence-electron chi connectivity index (χ2n) is 4.27. The Morgan fingerprint density at radius 1 is 1.35 bits per heavy atom. The van der Waals surface area contributed by atoms with Crippen molar-refractivity contribution in [3.63, 3.8) is 0 Å². The quantitative estimate of drug-likeness (QED) is 0.469. The molecule has 6 N–H and O–H groups in total. The summed E-state index contributed by atoms with van der Waals surface area (Å²) in [5, 5.41) is 11.1. The van der Waals surface area contributed by atoms with Gasteiger partial charge in [-0.15, -0.1) is 0 Å². The number of nitrogens with one attached hydrogen (secondary N) is 1.